The topological polar surface area (TPSA) is 89.6 Å². The summed E-state index contributed by atoms with van der Waals surface area (Å²) in [5.74, 6) is 0.690. The van der Waals surface area contributed by atoms with E-state index in [2.05, 4.69) is 25.8 Å². The van der Waals surface area contributed by atoms with Gasteiger partial charge in [-0.25, -0.2) is 9.78 Å². The Hall–Kier alpha value is -3.13. The zero-order chi connectivity index (χ0) is 21.3. The molecule has 0 unspecified atom stereocenters. The molecule has 2 aromatic rings. The Morgan fingerprint density at radius 2 is 1.90 bits per heavy atom. The molecular weight excluding hydrogens is 380 g/mol. The normalized spacial score (nSPS) is 13.4. The molecule has 160 valence electrons. The largest absolute Gasteiger partial charge is 0.355 e. The fourth-order valence-electron chi connectivity index (χ4n) is 3.34. The second kappa shape index (κ2) is 10.6. The number of nitrogens with one attached hydrogen (secondary N) is 3. The predicted octanol–water partition coefficient (Wildman–Crippen LogP) is 2.29. The van der Waals surface area contributed by atoms with E-state index in [-0.39, 0.29) is 11.9 Å². The molecule has 0 spiro atoms. The van der Waals surface area contributed by atoms with Crippen molar-refractivity contribution >= 4 is 23.4 Å². The van der Waals surface area contributed by atoms with Gasteiger partial charge in [0.1, 0.15) is 0 Å². The minimum absolute atomic E-state index is 0.117. The molecule has 0 radical (unpaired) electrons. The third-order valence-electron chi connectivity index (χ3n) is 4.93. The summed E-state index contributed by atoms with van der Waals surface area (Å²) >= 11 is 0. The highest BCUT2D eigenvalue weighted by molar-refractivity contribution is 5.94. The number of aromatic nitrogens is 1. The maximum atomic E-state index is 12.4. The molecule has 3 amide bonds. The zero-order valence-electron chi connectivity index (χ0n) is 17.6. The lowest BCUT2D eigenvalue weighted by Crippen LogP contribution is -2.31. The molecule has 3 rings (SSSR count). The number of pyridine rings is 1. The maximum absolute atomic E-state index is 12.4. The first-order valence-electron chi connectivity index (χ1n) is 10.3. The molecule has 30 heavy (non-hydrogen) atoms. The predicted molar refractivity (Wildman–Crippen MR) is 119 cm³/mol. The zero-order valence-corrected chi connectivity index (χ0v) is 17.6. The number of urea groups is 1. The molecule has 1 saturated heterocycles. The molecule has 0 bridgehead atoms. The quantitative estimate of drug-likeness (QED) is 0.621. The Morgan fingerprint density at radius 1 is 1.10 bits per heavy atom. The summed E-state index contributed by atoms with van der Waals surface area (Å²) in [7, 11) is 3.92. The van der Waals surface area contributed by atoms with Crippen molar-refractivity contribution in [2.75, 3.05) is 50.5 Å². The van der Waals surface area contributed by atoms with Crippen LogP contribution in [0.15, 0.2) is 42.6 Å². The molecule has 8 nitrogen and oxygen atoms in total. The van der Waals surface area contributed by atoms with Crippen molar-refractivity contribution in [2.24, 2.45) is 0 Å². The van der Waals surface area contributed by atoms with Crippen molar-refractivity contribution in [3.05, 3.63) is 53.7 Å². The van der Waals surface area contributed by atoms with Gasteiger partial charge >= 0.3 is 6.03 Å². The van der Waals surface area contributed by atoms with Crippen LogP contribution in [-0.2, 0) is 6.54 Å². The fraction of sp³-hybridized carbons (Fsp3) is 0.409. The van der Waals surface area contributed by atoms with Crippen LogP contribution >= 0.6 is 0 Å². The number of hydrogen-bond acceptors (Lipinski definition) is 5. The second-order valence-corrected chi connectivity index (χ2v) is 7.64. The standard InChI is InChI=1S/C22H30N6O2/c1-27(2)14-11-24-21(29)18-8-5-7-17(15-18)16-25-22(30)26-19-9-6-10-23-20(19)28-12-3-4-13-28/h5-10,15H,3-4,11-14,16H2,1-2H3,(H,24,29)(H2,25,26,30). The van der Waals surface area contributed by atoms with Crippen LogP contribution in [0, 0.1) is 0 Å². The van der Waals surface area contributed by atoms with Gasteiger partial charge in [0, 0.05) is 44.5 Å². The first kappa shape index (κ1) is 21.6. The van der Waals surface area contributed by atoms with Gasteiger partial charge in [-0.3, -0.25) is 4.79 Å². The van der Waals surface area contributed by atoms with Gasteiger partial charge in [0.25, 0.3) is 5.91 Å². The van der Waals surface area contributed by atoms with Crippen LogP contribution in [0.2, 0.25) is 0 Å². The first-order valence-corrected chi connectivity index (χ1v) is 10.3. The highest BCUT2D eigenvalue weighted by Gasteiger charge is 2.17. The van der Waals surface area contributed by atoms with E-state index in [1.165, 1.54) is 0 Å². The highest BCUT2D eigenvalue weighted by Crippen LogP contribution is 2.25. The Kier molecular flexibility index (Phi) is 7.62. The summed E-state index contributed by atoms with van der Waals surface area (Å²) in [4.78, 5) is 33.3. The van der Waals surface area contributed by atoms with Crippen LogP contribution in [0.1, 0.15) is 28.8 Å². The third-order valence-corrected chi connectivity index (χ3v) is 4.93. The smallest absolute Gasteiger partial charge is 0.319 e. The number of hydrogen-bond donors (Lipinski definition) is 3. The minimum atomic E-state index is -0.302. The fourth-order valence-corrected chi connectivity index (χ4v) is 3.34. The van der Waals surface area contributed by atoms with E-state index < -0.39 is 0 Å². The lowest BCUT2D eigenvalue weighted by atomic mass is 10.1. The first-order chi connectivity index (χ1) is 14.5. The van der Waals surface area contributed by atoms with E-state index in [0.29, 0.717) is 24.3 Å². The lowest BCUT2D eigenvalue weighted by Gasteiger charge is -2.20. The van der Waals surface area contributed by atoms with Crippen LogP contribution in [0.3, 0.4) is 0 Å². The highest BCUT2D eigenvalue weighted by atomic mass is 16.2. The monoisotopic (exact) mass is 410 g/mol. The average Bonchev–Trinajstić information content (AvgIpc) is 3.27. The number of amides is 3. The number of rotatable bonds is 8. The van der Waals surface area contributed by atoms with Crippen molar-refractivity contribution in [1.82, 2.24) is 20.5 Å². The Labute approximate surface area is 177 Å². The average molecular weight is 411 g/mol. The van der Waals surface area contributed by atoms with E-state index in [4.69, 9.17) is 0 Å². The van der Waals surface area contributed by atoms with E-state index in [1.807, 2.05) is 43.3 Å². The molecule has 8 heteroatoms. The van der Waals surface area contributed by atoms with Crippen LogP contribution in [-0.4, -0.2) is 62.1 Å². The van der Waals surface area contributed by atoms with E-state index in [9.17, 15) is 9.59 Å². The minimum Gasteiger partial charge on any atom is -0.355 e. The Bertz CT molecular complexity index is 864. The van der Waals surface area contributed by atoms with E-state index in [0.717, 1.165) is 43.9 Å². The molecule has 1 fully saturated rings. The molecule has 0 aliphatic carbocycles. The Morgan fingerprint density at radius 3 is 2.67 bits per heavy atom. The van der Waals surface area contributed by atoms with Gasteiger partial charge in [-0.15, -0.1) is 0 Å². The number of carbonyl (C=O) groups excluding carboxylic acids is 2. The molecular formula is C22H30N6O2. The van der Waals surface area contributed by atoms with E-state index >= 15 is 0 Å². The second-order valence-electron chi connectivity index (χ2n) is 7.64. The summed E-state index contributed by atoms with van der Waals surface area (Å²) in [6.07, 6.45) is 4.02. The van der Waals surface area contributed by atoms with Crippen molar-refractivity contribution in [1.29, 1.82) is 0 Å². The van der Waals surface area contributed by atoms with Crippen molar-refractivity contribution in [2.45, 2.75) is 19.4 Å². The molecule has 3 N–H and O–H groups in total. The number of carbonyl (C=O) groups is 2. The van der Waals surface area contributed by atoms with Gasteiger partial charge in [0.2, 0.25) is 0 Å². The summed E-state index contributed by atoms with van der Waals surface area (Å²) in [5.41, 5.74) is 2.14. The lowest BCUT2D eigenvalue weighted by molar-refractivity contribution is 0.0951. The SMILES string of the molecule is CN(C)CCNC(=O)c1cccc(CNC(=O)Nc2cccnc2N2CCCC2)c1. The molecule has 2 heterocycles. The number of likely N-dealkylation sites (N-methyl/N-ethyl adjacent to an activating group) is 1. The maximum Gasteiger partial charge on any atom is 0.319 e. The van der Waals surface area contributed by atoms with Gasteiger partial charge in [-0.1, -0.05) is 12.1 Å². The van der Waals surface area contributed by atoms with Crippen LogP contribution < -0.4 is 20.9 Å². The van der Waals surface area contributed by atoms with Gasteiger partial charge in [0.05, 0.1) is 5.69 Å². The van der Waals surface area contributed by atoms with Gasteiger partial charge < -0.3 is 25.8 Å². The Balaban J connectivity index is 1.53. The van der Waals surface area contributed by atoms with Crippen molar-refractivity contribution in [3.8, 4) is 0 Å². The van der Waals surface area contributed by atoms with Crippen molar-refractivity contribution in [3.63, 3.8) is 0 Å². The molecule has 1 aliphatic rings. The molecule has 0 saturated carbocycles. The molecule has 1 aliphatic heterocycles. The van der Waals surface area contributed by atoms with E-state index in [1.54, 1.807) is 18.3 Å². The molecule has 1 aromatic heterocycles. The number of nitrogens with zero attached hydrogens (tertiary/aromatic N) is 3. The van der Waals surface area contributed by atoms with Gasteiger partial charge in [0.15, 0.2) is 5.82 Å². The van der Waals surface area contributed by atoms with Gasteiger partial charge in [-0.2, -0.15) is 0 Å². The summed E-state index contributed by atoms with van der Waals surface area (Å²) in [5, 5.41) is 8.65. The van der Waals surface area contributed by atoms with Crippen LogP contribution in [0.4, 0.5) is 16.3 Å². The number of anilines is 2. The summed E-state index contributed by atoms with van der Waals surface area (Å²) in [6, 6.07) is 10.6. The van der Waals surface area contributed by atoms with Crippen LogP contribution in [0.5, 0.6) is 0 Å². The van der Waals surface area contributed by atoms with Crippen LogP contribution in [0.25, 0.3) is 0 Å². The number of benzene rings is 1. The van der Waals surface area contributed by atoms with Crippen molar-refractivity contribution < 1.29 is 9.59 Å². The van der Waals surface area contributed by atoms with Gasteiger partial charge in [-0.05, 0) is 56.8 Å². The third kappa shape index (κ3) is 6.18. The summed E-state index contributed by atoms with van der Waals surface area (Å²) in [6.45, 7) is 3.60. The molecule has 1 aromatic carbocycles. The summed E-state index contributed by atoms with van der Waals surface area (Å²) < 4.78 is 0. The molecule has 0 atom stereocenters.